The highest BCUT2D eigenvalue weighted by Crippen LogP contribution is 2.42. The van der Waals surface area contributed by atoms with E-state index < -0.39 is 12.2 Å². The minimum Gasteiger partial charge on any atom is -0.481 e. The van der Waals surface area contributed by atoms with Gasteiger partial charge in [-0.1, -0.05) is 13.8 Å². The molecule has 0 unspecified atom stereocenters. The Morgan fingerprint density at radius 1 is 1.32 bits per heavy atom. The van der Waals surface area contributed by atoms with Crippen LogP contribution in [0.15, 0.2) is 24.4 Å². The van der Waals surface area contributed by atoms with Crippen molar-refractivity contribution >= 4 is 11.7 Å². The van der Waals surface area contributed by atoms with Crippen molar-refractivity contribution in [1.29, 1.82) is 0 Å². The standard InChI is InChI=1S/C21H26F3N5O2/c1-12(2)14-10-17(21(22,23)24)29-18(26-14)11-15(27-29)16-5-4-8-28(16)20(30)13-6-7-25-19(9-13)31-3/h6-7,9,11-12,14,16-17,26H,4-5,8,10H2,1-3H3/t14-,16+,17+/m0/s1. The molecule has 1 fully saturated rings. The molecule has 0 aliphatic carbocycles. The van der Waals surface area contributed by atoms with E-state index in [9.17, 15) is 18.0 Å². The quantitative estimate of drug-likeness (QED) is 0.776. The SMILES string of the molecule is COc1cc(C(=O)N2CCC[C@@H]2c2cc3n(n2)[C@@H](C(F)(F)F)C[C@@H](C(C)C)N3)ccn1. The summed E-state index contributed by atoms with van der Waals surface area (Å²) in [4.78, 5) is 18.8. The molecule has 0 spiro atoms. The molecule has 0 radical (unpaired) electrons. The van der Waals surface area contributed by atoms with Crippen LogP contribution in [0, 0.1) is 5.92 Å². The molecule has 2 aliphatic rings. The highest BCUT2D eigenvalue weighted by Gasteiger charge is 2.47. The first kappa shape index (κ1) is 21.5. The number of nitrogens with zero attached hydrogens (tertiary/aromatic N) is 4. The van der Waals surface area contributed by atoms with E-state index in [0.717, 1.165) is 11.1 Å². The molecule has 2 aliphatic heterocycles. The fraction of sp³-hybridized carbons (Fsp3) is 0.571. The van der Waals surface area contributed by atoms with E-state index >= 15 is 0 Å². The van der Waals surface area contributed by atoms with Crippen LogP contribution in [-0.2, 0) is 0 Å². The van der Waals surface area contributed by atoms with Gasteiger partial charge in [-0.15, -0.1) is 0 Å². The number of fused-ring (bicyclic) bond motifs is 1. The summed E-state index contributed by atoms with van der Waals surface area (Å²) in [6.45, 7) is 4.32. The smallest absolute Gasteiger partial charge is 0.410 e. The molecule has 3 atom stereocenters. The van der Waals surface area contributed by atoms with Crippen LogP contribution in [0.4, 0.5) is 19.0 Å². The zero-order valence-electron chi connectivity index (χ0n) is 17.7. The van der Waals surface area contributed by atoms with Crippen LogP contribution in [0.5, 0.6) is 5.88 Å². The van der Waals surface area contributed by atoms with Crippen LogP contribution in [0.25, 0.3) is 0 Å². The van der Waals surface area contributed by atoms with E-state index in [0.29, 0.717) is 35.9 Å². The van der Waals surface area contributed by atoms with Gasteiger partial charge in [-0.3, -0.25) is 4.79 Å². The molecule has 0 bridgehead atoms. The Balaban J connectivity index is 1.64. The third kappa shape index (κ3) is 4.07. The molecule has 4 heterocycles. The summed E-state index contributed by atoms with van der Waals surface area (Å²) in [5.41, 5.74) is 0.905. The lowest BCUT2D eigenvalue weighted by Gasteiger charge is -2.35. The number of hydrogen-bond acceptors (Lipinski definition) is 5. The number of likely N-dealkylation sites (tertiary alicyclic amines) is 1. The van der Waals surface area contributed by atoms with Crippen molar-refractivity contribution in [3.05, 3.63) is 35.7 Å². The zero-order valence-corrected chi connectivity index (χ0v) is 17.7. The predicted molar refractivity (Wildman–Crippen MR) is 108 cm³/mol. The summed E-state index contributed by atoms with van der Waals surface area (Å²) in [5, 5.41) is 7.54. The van der Waals surface area contributed by atoms with Gasteiger partial charge >= 0.3 is 6.18 Å². The van der Waals surface area contributed by atoms with Crippen molar-refractivity contribution in [2.24, 2.45) is 5.92 Å². The molecule has 2 aromatic rings. The number of pyridine rings is 1. The van der Waals surface area contributed by atoms with E-state index in [1.165, 1.54) is 13.3 Å². The lowest BCUT2D eigenvalue weighted by molar-refractivity contribution is -0.174. The second kappa shape index (κ2) is 8.05. The van der Waals surface area contributed by atoms with E-state index in [-0.39, 0.29) is 30.3 Å². The predicted octanol–water partition coefficient (Wildman–Crippen LogP) is 4.21. The number of rotatable bonds is 4. The lowest BCUT2D eigenvalue weighted by atomic mass is 9.94. The molecule has 4 rings (SSSR count). The van der Waals surface area contributed by atoms with Crippen molar-refractivity contribution in [3.8, 4) is 5.88 Å². The Morgan fingerprint density at radius 2 is 2.10 bits per heavy atom. The topological polar surface area (TPSA) is 72.3 Å². The van der Waals surface area contributed by atoms with Gasteiger partial charge < -0.3 is 15.0 Å². The Kier molecular flexibility index (Phi) is 5.57. The maximum absolute atomic E-state index is 13.8. The van der Waals surface area contributed by atoms with Gasteiger partial charge in [-0.05, 0) is 31.2 Å². The van der Waals surface area contributed by atoms with Crippen molar-refractivity contribution in [1.82, 2.24) is 19.7 Å². The van der Waals surface area contributed by atoms with Crippen molar-refractivity contribution in [3.63, 3.8) is 0 Å². The zero-order chi connectivity index (χ0) is 22.3. The first-order valence-corrected chi connectivity index (χ1v) is 10.4. The molecule has 10 heteroatoms. The molecular formula is C21H26F3N5O2. The number of anilines is 1. The Labute approximate surface area is 178 Å². The second-order valence-corrected chi connectivity index (χ2v) is 8.43. The first-order valence-electron chi connectivity index (χ1n) is 10.4. The highest BCUT2D eigenvalue weighted by atomic mass is 19.4. The van der Waals surface area contributed by atoms with E-state index in [1.807, 2.05) is 13.8 Å². The number of carbonyl (C=O) groups excluding carboxylic acids is 1. The lowest BCUT2D eigenvalue weighted by Crippen LogP contribution is -2.41. The monoisotopic (exact) mass is 437 g/mol. The molecule has 1 amide bonds. The number of methoxy groups -OCH3 is 1. The highest BCUT2D eigenvalue weighted by molar-refractivity contribution is 5.94. The van der Waals surface area contributed by atoms with Crippen LogP contribution in [0.2, 0.25) is 0 Å². The fourth-order valence-electron chi connectivity index (χ4n) is 4.36. The Hall–Kier alpha value is -2.78. The summed E-state index contributed by atoms with van der Waals surface area (Å²) in [6.07, 6.45) is -1.57. The average molecular weight is 437 g/mol. The largest absolute Gasteiger partial charge is 0.481 e. The van der Waals surface area contributed by atoms with Gasteiger partial charge in [0.05, 0.1) is 18.8 Å². The van der Waals surface area contributed by atoms with Gasteiger partial charge in [0, 0.05) is 36.5 Å². The summed E-state index contributed by atoms with van der Waals surface area (Å²) < 4.78 is 47.5. The molecule has 168 valence electrons. The van der Waals surface area contributed by atoms with E-state index in [1.54, 1.807) is 23.1 Å². The summed E-state index contributed by atoms with van der Waals surface area (Å²) in [7, 11) is 1.47. The molecule has 1 saturated heterocycles. The number of amides is 1. The number of hydrogen-bond donors (Lipinski definition) is 1. The Bertz CT molecular complexity index is 959. The van der Waals surface area contributed by atoms with Gasteiger partial charge in [-0.2, -0.15) is 18.3 Å². The van der Waals surface area contributed by atoms with Crippen LogP contribution < -0.4 is 10.1 Å². The molecule has 7 nitrogen and oxygen atoms in total. The second-order valence-electron chi connectivity index (χ2n) is 8.43. The van der Waals surface area contributed by atoms with Gasteiger partial charge in [0.1, 0.15) is 5.82 Å². The van der Waals surface area contributed by atoms with Crippen LogP contribution in [0.3, 0.4) is 0 Å². The van der Waals surface area contributed by atoms with E-state index in [4.69, 9.17) is 4.74 Å². The van der Waals surface area contributed by atoms with Crippen LogP contribution in [-0.4, -0.2) is 51.4 Å². The number of carbonyl (C=O) groups is 1. The molecule has 31 heavy (non-hydrogen) atoms. The normalized spacial score (nSPS) is 23.6. The first-order chi connectivity index (χ1) is 14.7. The number of ether oxygens (including phenoxy) is 1. The van der Waals surface area contributed by atoms with Crippen LogP contribution in [0.1, 0.15) is 61.2 Å². The molecular weight excluding hydrogens is 411 g/mol. The van der Waals surface area contributed by atoms with Crippen molar-refractivity contribution in [2.45, 2.75) is 57.4 Å². The number of halogens is 3. The third-order valence-corrected chi connectivity index (χ3v) is 6.09. The number of nitrogens with one attached hydrogen (secondary N) is 1. The van der Waals surface area contributed by atoms with Gasteiger partial charge in [0.25, 0.3) is 5.91 Å². The van der Waals surface area contributed by atoms with E-state index in [2.05, 4.69) is 15.4 Å². The van der Waals surface area contributed by atoms with Gasteiger partial charge in [0.15, 0.2) is 6.04 Å². The van der Waals surface area contributed by atoms with Gasteiger partial charge in [0.2, 0.25) is 5.88 Å². The number of alkyl halides is 3. The van der Waals surface area contributed by atoms with Crippen molar-refractivity contribution < 1.29 is 22.7 Å². The minimum atomic E-state index is -4.40. The third-order valence-electron chi connectivity index (χ3n) is 6.09. The molecule has 1 N–H and O–H groups in total. The average Bonchev–Trinajstić information content (AvgIpc) is 3.38. The molecule has 0 saturated carbocycles. The van der Waals surface area contributed by atoms with Crippen LogP contribution >= 0.6 is 0 Å². The fourth-order valence-corrected chi connectivity index (χ4v) is 4.36. The van der Waals surface area contributed by atoms with Crippen molar-refractivity contribution in [2.75, 3.05) is 19.0 Å². The molecule has 0 aromatic carbocycles. The maximum Gasteiger partial charge on any atom is 0.410 e. The minimum absolute atomic E-state index is 0.0446. The number of aromatic nitrogens is 3. The van der Waals surface area contributed by atoms with Gasteiger partial charge in [-0.25, -0.2) is 9.67 Å². The Morgan fingerprint density at radius 3 is 2.77 bits per heavy atom. The summed E-state index contributed by atoms with van der Waals surface area (Å²) >= 11 is 0. The maximum atomic E-state index is 13.8. The summed E-state index contributed by atoms with van der Waals surface area (Å²) in [6, 6.07) is 2.47. The summed E-state index contributed by atoms with van der Waals surface area (Å²) in [5.74, 6) is 0.515. The molecule has 2 aromatic heterocycles.